The van der Waals surface area contributed by atoms with Crippen molar-refractivity contribution in [1.29, 1.82) is 0 Å². The Balaban J connectivity index is 2.47. The summed E-state index contributed by atoms with van der Waals surface area (Å²) < 4.78 is 0. The summed E-state index contributed by atoms with van der Waals surface area (Å²) >= 11 is 1.43. The quantitative estimate of drug-likeness (QED) is 0.767. The fourth-order valence-corrected chi connectivity index (χ4v) is 1.90. The van der Waals surface area contributed by atoms with Crippen molar-refractivity contribution in [3.63, 3.8) is 0 Å². The van der Waals surface area contributed by atoms with Crippen LogP contribution in [0, 0.1) is 0 Å². The standard InChI is InChI=1S/C11H17N3OS/c1-3-6-13-11(15)8(2)16-10-5-4-9(12)7-14-10/h4-5,7-8H,3,6,12H2,1-2H3,(H,13,15). The van der Waals surface area contributed by atoms with E-state index >= 15 is 0 Å². The molecule has 0 spiro atoms. The highest BCUT2D eigenvalue weighted by atomic mass is 32.2. The number of anilines is 1. The molecule has 1 atom stereocenters. The first-order valence-electron chi connectivity index (χ1n) is 5.29. The second-order valence-electron chi connectivity index (χ2n) is 3.48. The SMILES string of the molecule is CCCNC(=O)C(C)Sc1ccc(N)cn1. The Morgan fingerprint density at radius 2 is 2.38 bits per heavy atom. The van der Waals surface area contributed by atoms with Gasteiger partial charge >= 0.3 is 0 Å². The van der Waals surface area contributed by atoms with Gasteiger partial charge in [0.1, 0.15) is 0 Å². The average Bonchev–Trinajstić information content (AvgIpc) is 2.29. The van der Waals surface area contributed by atoms with Crippen molar-refractivity contribution in [3.8, 4) is 0 Å². The minimum atomic E-state index is -0.136. The summed E-state index contributed by atoms with van der Waals surface area (Å²) in [6, 6.07) is 3.61. The van der Waals surface area contributed by atoms with Gasteiger partial charge in [-0.3, -0.25) is 4.79 Å². The fraction of sp³-hybridized carbons (Fsp3) is 0.455. The molecule has 1 aromatic rings. The number of rotatable bonds is 5. The Morgan fingerprint density at radius 1 is 1.62 bits per heavy atom. The lowest BCUT2D eigenvalue weighted by atomic mass is 10.4. The molecule has 4 nitrogen and oxygen atoms in total. The van der Waals surface area contributed by atoms with Gasteiger partial charge < -0.3 is 11.1 Å². The Labute approximate surface area is 100 Å². The molecule has 0 bridgehead atoms. The van der Waals surface area contributed by atoms with E-state index in [1.807, 2.05) is 19.9 Å². The number of carbonyl (C=O) groups is 1. The number of aromatic nitrogens is 1. The summed E-state index contributed by atoms with van der Waals surface area (Å²) in [5.41, 5.74) is 6.16. The minimum absolute atomic E-state index is 0.0467. The highest BCUT2D eigenvalue weighted by molar-refractivity contribution is 8.00. The molecule has 1 amide bonds. The zero-order valence-electron chi connectivity index (χ0n) is 9.56. The second-order valence-corrected chi connectivity index (χ2v) is 4.84. The lowest BCUT2D eigenvalue weighted by molar-refractivity contribution is -0.120. The first-order chi connectivity index (χ1) is 7.63. The van der Waals surface area contributed by atoms with E-state index in [4.69, 9.17) is 5.73 Å². The average molecular weight is 239 g/mol. The van der Waals surface area contributed by atoms with Crippen molar-refractivity contribution in [3.05, 3.63) is 18.3 Å². The molecule has 0 radical (unpaired) electrons. The molecule has 0 aliphatic heterocycles. The van der Waals surface area contributed by atoms with Crippen LogP contribution in [0.2, 0.25) is 0 Å². The van der Waals surface area contributed by atoms with Gasteiger partial charge in [0.05, 0.1) is 22.2 Å². The van der Waals surface area contributed by atoms with Crippen molar-refractivity contribution in [2.75, 3.05) is 12.3 Å². The number of nitrogens with two attached hydrogens (primary N) is 1. The van der Waals surface area contributed by atoms with Gasteiger partial charge in [0, 0.05) is 6.54 Å². The van der Waals surface area contributed by atoms with E-state index in [2.05, 4.69) is 10.3 Å². The van der Waals surface area contributed by atoms with Crippen LogP contribution in [0.4, 0.5) is 5.69 Å². The third-order valence-corrected chi connectivity index (χ3v) is 3.03. The van der Waals surface area contributed by atoms with Crippen LogP contribution in [0.15, 0.2) is 23.4 Å². The predicted octanol–water partition coefficient (Wildman–Crippen LogP) is 1.67. The molecule has 88 valence electrons. The number of nitrogens with zero attached hydrogens (tertiary/aromatic N) is 1. The smallest absolute Gasteiger partial charge is 0.233 e. The minimum Gasteiger partial charge on any atom is -0.397 e. The third kappa shape index (κ3) is 4.10. The van der Waals surface area contributed by atoms with Crippen molar-refractivity contribution in [2.24, 2.45) is 0 Å². The number of hydrogen-bond acceptors (Lipinski definition) is 4. The van der Waals surface area contributed by atoms with Gasteiger partial charge in [-0.15, -0.1) is 0 Å². The highest BCUT2D eigenvalue weighted by Gasteiger charge is 2.13. The number of pyridine rings is 1. The Morgan fingerprint density at radius 3 is 2.94 bits per heavy atom. The van der Waals surface area contributed by atoms with Gasteiger partial charge in [-0.25, -0.2) is 4.98 Å². The van der Waals surface area contributed by atoms with Crippen molar-refractivity contribution < 1.29 is 4.79 Å². The van der Waals surface area contributed by atoms with Crippen molar-refractivity contribution >= 4 is 23.4 Å². The van der Waals surface area contributed by atoms with Crippen LogP contribution in [0.3, 0.4) is 0 Å². The third-order valence-electron chi connectivity index (χ3n) is 1.98. The number of thioether (sulfide) groups is 1. The Hall–Kier alpha value is -1.23. The topological polar surface area (TPSA) is 68.0 Å². The monoisotopic (exact) mass is 239 g/mol. The van der Waals surface area contributed by atoms with Crippen LogP contribution in [-0.2, 0) is 4.79 Å². The largest absolute Gasteiger partial charge is 0.397 e. The van der Waals surface area contributed by atoms with Crippen LogP contribution >= 0.6 is 11.8 Å². The van der Waals surface area contributed by atoms with Gasteiger partial charge in [-0.1, -0.05) is 18.7 Å². The van der Waals surface area contributed by atoms with Crippen LogP contribution in [0.1, 0.15) is 20.3 Å². The van der Waals surface area contributed by atoms with Crippen LogP contribution in [0.25, 0.3) is 0 Å². The van der Waals surface area contributed by atoms with E-state index in [9.17, 15) is 4.79 Å². The molecule has 1 aromatic heterocycles. The zero-order valence-corrected chi connectivity index (χ0v) is 10.4. The zero-order chi connectivity index (χ0) is 12.0. The predicted molar refractivity (Wildman–Crippen MR) is 67.3 cm³/mol. The van der Waals surface area contributed by atoms with E-state index < -0.39 is 0 Å². The summed E-state index contributed by atoms with van der Waals surface area (Å²) in [6.07, 6.45) is 2.54. The summed E-state index contributed by atoms with van der Waals surface area (Å²) in [5.74, 6) is 0.0467. The van der Waals surface area contributed by atoms with E-state index in [1.165, 1.54) is 11.8 Å². The van der Waals surface area contributed by atoms with Crippen LogP contribution < -0.4 is 11.1 Å². The van der Waals surface area contributed by atoms with Crippen molar-refractivity contribution in [2.45, 2.75) is 30.5 Å². The molecular formula is C11H17N3OS. The van der Waals surface area contributed by atoms with Gasteiger partial charge in [-0.05, 0) is 25.5 Å². The molecule has 0 saturated heterocycles. The summed E-state index contributed by atoms with van der Waals surface area (Å²) in [6.45, 7) is 4.62. The van der Waals surface area contributed by atoms with Gasteiger partial charge in [-0.2, -0.15) is 0 Å². The number of nitrogen functional groups attached to an aromatic ring is 1. The van der Waals surface area contributed by atoms with Crippen LogP contribution in [-0.4, -0.2) is 22.7 Å². The molecule has 5 heteroatoms. The maximum Gasteiger partial charge on any atom is 0.233 e. The van der Waals surface area contributed by atoms with Gasteiger partial charge in [0.15, 0.2) is 0 Å². The van der Waals surface area contributed by atoms with Crippen LogP contribution in [0.5, 0.6) is 0 Å². The Bertz CT molecular complexity index is 340. The molecule has 0 aromatic carbocycles. The maximum absolute atomic E-state index is 11.6. The first-order valence-corrected chi connectivity index (χ1v) is 6.17. The number of nitrogens with one attached hydrogen (secondary N) is 1. The van der Waals surface area contributed by atoms with Gasteiger partial charge in [0.2, 0.25) is 5.91 Å². The fourth-order valence-electron chi connectivity index (χ4n) is 1.09. The number of hydrogen-bond donors (Lipinski definition) is 2. The molecular weight excluding hydrogens is 222 g/mol. The summed E-state index contributed by atoms with van der Waals surface area (Å²) in [7, 11) is 0. The first kappa shape index (κ1) is 12.8. The highest BCUT2D eigenvalue weighted by Crippen LogP contribution is 2.21. The molecule has 0 aliphatic rings. The number of carbonyl (C=O) groups excluding carboxylic acids is 1. The molecule has 1 rings (SSSR count). The lowest BCUT2D eigenvalue weighted by Crippen LogP contribution is -2.31. The molecule has 1 heterocycles. The summed E-state index contributed by atoms with van der Waals surface area (Å²) in [4.78, 5) is 15.7. The Kier molecular flexibility index (Phi) is 5.11. The lowest BCUT2D eigenvalue weighted by Gasteiger charge is -2.10. The van der Waals surface area contributed by atoms with E-state index in [-0.39, 0.29) is 11.2 Å². The van der Waals surface area contributed by atoms with Crippen molar-refractivity contribution in [1.82, 2.24) is 10.3 Å². The normalized spacial score (nSPS) is 12.1. The maximum atomic E-state index is 11.6. The molecule has 16 heavy (non-hydrogen) atoms. The molecule has 0 fully saturated rings. The number of amides is 1. The molecule has 0 saturated carbocycles. The molecule has 1 unspecified atom stereocenters. The van der Waals surface area contributed by atoms with Gasteiger partial charge in [0.25, 0.3) is 0 Å². The summed E-state index contributed by atoms with van der Waals surface area (Å²) in [5, 5.41) is 3.53. The van der Waals surface area contributed by atoms with E-state index in [0.717, 1.165) is 18.0 Å². The second kappa shape index (κ2) is 6.37. The molecule has 3 N–H and O–H groups in total. The molecule has 0 aliphatic carbocycles. The van der Waals surface area contributed by atoms with E-state index in [0.29, 0.717) is 5.69 Å². The van der Waals surface area contributed by atoms with E-state index in [1.54, 1.807) is 12.3 Å².